The Morgan fingerprint density at radius 1 is 0.833 bits per heavy atom. The summed E-state index contributed by atoms with van der Waals surface area (Å²) in [5.74, 6) is 2.04. The summed E-state index contributed by atoms with van der Waals surface area (Å²) in [5, 5.41) is 8.85. The smallest absolute Gasteiger partial charge is 0.239 e. The third kappa shape index (κ3) is 3.31. The van der Waals surface area contributed by atoms with Crippen molar-refractivity contribution in [1.82, 2.24) is 24.7 Å². The number of pyridine rings is 2. The van der Waals surface area contributed by atoms with Crippen molar-refractivity contribution < 1.29 is 4.74 Å². The van der Waals surface area contributed by atoms with Gasteiger partial charge in [0.2, 0.25) is 5.88 Å². The van der Waals surface area contributed by atoms with Gasteiger partial charge in [-0.3, -0.25) is 9.55 Å². The third-order valence-electron chi connectivity index (χ3n) is 7.28. The van der Waals surface area contributed by atoms with Gasteiger partial charge in [-0.25, -0.2) is 4.98 Å². The summed E-state index contributed by atoms with van der Waals surface area (Å²) < 4.78 is 8.13. The molecular formula is C29H24N6O. The van der Waals surface area contributed by atoms with Crippen LogP contribution in [0.3, 0.4) is 0 Å². The number of nitrogens with zero attached hydrogens (tertiary/aromatic N) is 5. The largest absolute Gasteiger partial charge is 0.468 e. The molecule has 0 radical (unpaired) electrons. The van der Waals surface area contributed by atoms with Gasteiger partial charge in [0.15, 0.2) is 18.3 Å². The van der Waals surface area contributed by atoms with E-state index in [9.17, 15) is 0 Å². The van der Waals surface area contributed by atoms with E-state index in [-0.39, 0.29) is 5.54 Å². The van der Waals surface area contributed by atoms with E-state index in [0.717, 1.165) is 58.1 Å². The molecule has 0 unspecified atom stereocenters. The molecule has 1 aliphatic heterocycles. The highest BCUT2D eigenvalue weighted by Crippen LogP contribution is 2.42. The zero-order chi connectivity index (χ0) is 24.1. The van der Waals surface area contributed by atoms with Crippen LogP contribution in [0.2, 0.25) is 0 Å². The minimum Gasteiger partial charge on any atom is -0.468 e. The van der Waals surface area contributed by atoms with E-state index < -0.39 is 0 Å². The van der Waals surface area contributed by atoms with Gasteiger partial charge in [0.1, 0.15) is 5.69 Å². The molecule has 2 aromatic carbocycles. The lowest BCUT2D eigenvalue weighted by molar-refractivity contribution is 0.253. The molecule has 1 saturated carbocycles. The van der Waals surface area contributed by atoms with Crippen LogP contribution in [-0.2, 0) is 12.1 Å². The van der Waals surface area contributed by atoms with Crippen molar-refractivity contribution in [3.8, 4) is 45.3 Å². The van der Waals surface area contributed by atoms with Gasteiger partial charge in [0.25, 0.3) is 0 Å². The van der Waals surface area contributed by atoms with Gasteiger partial charge in [-0.2, -0.15) is 0 Å². The lowest BCUT2D eigenvalue weighted by Crippen LogP contribution is -2.43. The van der Waals surface area contributed by atoms with Crippen molar-refractivity contribution in [1.29, 1.82) is 0 Å². The average molecular weight is 473 g/mol. The number of rotatable bonds is 4. The van der Waals surface area contributed by atoms with Crippen LogP contribution in [0, 0.1) is 0 Å². The Labute approximate surface area is 208 Å². The Kier molecular flexibility index (Phi) is 4.72. The van der Waals surface area contributed by atoms with Crippen LogP contribution >= 0.6 is 0 Å². The van der Waals surface area contributed by atoms with Crippen molar-refractivity contribution in [3.63, 3.8) is 0 Å². The molecule has 2 N–H and O–H groups in total. The second-order valence-corrected chi connectivity index (χ2v) is 9.46. The summed E-state index contributed by atoms with van der Waals surface area (Å²) in [5.41, 5.74) is 13.3. The third-order valence-corrected chi connectivity index (χ3v) is 7.28. The zero-order valence-electron chi connectivity index (χ0n) is 19.6. The van der Waals surface area contributed by atoms with E-state index in [1.807, 2.05) is 34.9 Å². The van der Waals surface area contributed by atoms with Crippen LogP contribution in [0.1, 0.15) is 30.7 Å². The van der Waals surface area contributed by atoms with Crippen LogP contribution in [0.25, 0.3) is 39.5 Å². The quantitative estimate of drug-likeness (QED) is 0.382. The minimum absolute atomic E-state index is 0.193. The van der Waals surface area contributed by atoms with Crippen LogP contribution in [0.5, 0.6) is 5.88 Å². The Morgan fingerprint density at radius 2 is 1.61 bits per heavy atom. The molecule has 0 amide bonds. The molecule has 4 heterocycles. The number of hydrogen-bond acceptors (Lipinski definition) is 6. The fourth-order valence-corrected chi connectivity index (χ4v) is 5.10. The van der Waals surface area contributed by atoms with Gasteiger partial charge >= 0.3 is 0 Å². The average Bonchev–Trinajstić information content (AvgIpc) is 3.37. The lowest BCUT2D eigenvalue weighted by Gasteiger charge is -2.38. The molecule has 1 aliphatic carbocycles. The van der Waals surface area contributed by atoms with E-state index in [1.165, 1.54) is 12.0 Å². The highest BCUT2D eigenvalue weighted by molar-refractivity contribution is 5.83. The first-order valence-corrected chi connectivity index (χ1v) is 12.2. The number of benzene rings is 2. The first-order valence-electron chi connectivity index (χ1n) is 12.2. The molecule has 0 spiro atoms. The number of nitrogens with two attached hydrogens (primary N) is 1. The van der Waals surface area contributed by atoms with E-state index in [4.69, 9.17) is 15.5 Å². The minimum atomic E-state index is -0.193. The molecule has 0 atom stereocenters. The normalized spacial score (nSPS) is 15.4. The monoisotopic (exact) mass is 472 g/mol. The van der Waals surface area contributed by atoms with Gasteiger partial charge in [-0.1, -0.05) is 54.6 Å². The topological polar surface area (TPSA) is 91.7 Å². The summed E-state index contributed by atoms with van der Waals surface area (Å²) in [6.07, 6.45) is 6.77. The predicted molar refractivity (Wildman–Crippen MR) is 137 cm³/mol. The number of aromatic nitrogens is 5. The predicted octanol–water partition coefficient (Wildman–Crippen LogP) is 5.29. The molecule has 0 bridgehead atoms. The van der Waals surface area contributed by atoms with Crippen LogP contribution in [0.4, 0.5) is 0 Å². The number of hydrogen-bond donors (Lipinski definition) is 1. The molecule has 7 heteroatoms. The van der Waals surface area contributed by atoms with Gasteiger partial charge in [0, 0.05) is 34.6 Å². The molecule has 36 heavy (non-hydrogen) atoms. The molecule has 3 aromatic heterocycles. The van der Waals surface area contributed by atoms with Crippen molar-refractivity contribution in [3.05, 3.63) is 96.6 Å². The number of ether oxygens (including phenoxy) is 1. The Hall–Kier alpha value is -4.36. The summed E-state index contributed by atoms with van der Waals surface area (Å²) in [7, 11) is 0. The molecular weight excluding hydrogens is 448 g/mol. The molecule has 7 rings (SSSR count). The Balaban J connectivity index is 1.41. The molecule has 2 aliphatic rings. The highest BCUT2D eigenvalue weighted by atomic mass is 16.5. The second-order valence-electron chi connectivity index (χ2n) is 9.46. The van der Waals surface area contributed by atoms with Crippen LogP contribution < -0.4 is 10.5 Å². The van der Waals surface area contributed by atoms with Gasteiger partial charge < -0.3 is 10.5 Å². The molecule has 5 aromatic rings. The van der Waals surface area contributed by atoms with E-state index >= 15 is 0 Å². The van der Waals surface area contributed by atoms with Crippen molar-refractivity contribution in [2.24, 2.45) is 5.73 Å². The standard InChI is InChI=1S/C29H24N6O/c30-29(13-4-14-29)22-9-7-20(8-10-22)26-23(19-5-2-1-3-6-19)17-24-28(32-26)36-18-25-33-34-27(35(24)25)21-11-15-31-16-12-21/h1-3,5-12,15-17H,4,13-14,18,30H2. The van der Waals surface area contributed by atoms with Crippen molar-refractivity contribution in [2.45, 2.75) is 31.4 Å². The fourth-order valence-electron chi connectivity index (χ4n) is 5.10. The van der Waals surface area contributed by atoms with Crippen LogP contribution in [-0.4, -0.2) is 24.7 Å². The summed E-state index contributed by atoms with van der Waals surface area (Å²) in [6, 6.07) is 24.8. The fraction of sp³-hybridized carbons (Fsp3) is 0.172. The van der Waals surface area contributed by atoms with E-state index in [1.54, 1.807) is 12.4 Å². The number of fused-ring (bicyclic) bond motifs is 3. The van der Waals surface area contributed by atoms with Crippen molar-refractivity contribution >= 4 is 0 Å². The lowest BCUT2D eigenvalue weighted by atomic mass is 9.72. The molecule has 7 nitrogen and oxygen atoms in total. The maximum absolute atomic E-state index is 6.57. The second kappa shape index (κ2) is 8.10. The van der Waals surface area contributed by atoms with E-state index in [2.05, 4.69) is 57.6 Å². The molecule has 0 saturated heterocycles. The first-order chi connectivity index (χ1) is 17.7. The van der Waals surface area contributed by atoms with Gasteiger partial charge in [-0.05, 0) is 48.6 Å². The highest BCUT2D eigenvalue weighted by Gasteiger charge is 2.34. The van der Waals surface area contributed by atoms with Crippen LogP contribution in [0.15, 0.2) is 85.2 Å². The Bertz CT molecular complexity index is 1560. The SMILES string of the molecule is NC1(c2ccc(-c3nc4c(cc3-c3ccccc3)-n3c(nnc3-c3ccncc3)CO4)cc2)CCC1. The summed E-state index contributed by atoms with van der Waals surface area (Å²) >= 11 is 0. The van der Waals surface area contributed by atoms with Gasteiger partial charge in [0.05, 0.1) is 5.69 Å². The maximum Gasteiger partial charge on any atom is 0.239 e. The Morgan fingerprint density at radius 3 is 2.33 bits per heavy atom. The maximum atomic E-state index is 6.57. The summed E-state index contributed by atoms with van der Waals surface area (Å²) in [6.45, 7) is 0.302. The zero-order valence-corrected chi connectivity index (χ0v) is 19.6. The molecule has 1 fully saturated rings. The summed E-state index contributed by atoms with van der Waals surface area (Å²) in [4.78, 5) is 9.20. The van der Waals surface area contributed by atoms with Crippen molar-refractivity contribution in [2.75, 3.05) is 0 Å². The van der Waals surface area contributed by atoms with Gasteiger partial charge in [-0.15, -0.1) is 10.2 Å². The first kappa shape index (κ1) is 21.0. The molecule has 176 valence electrons. The van der Waals surface area contributed by atoms with E-state index in [0.29, 0.717) is 12.5 Å².